The molecule has 100 valence electrons. The van der Waals surface area contributed by atoms with Crippen molar-refractivity contribution in [2.75, 3.05) is 32.0 Å². The van der Waals surface area contributed by atoms with Crippen LogP contribution in [-0.4, -0.2) is 37.1 Å². The second kappa shape index (κ2) is 7.01. The number of anilines is 1. The number of nitrogens with two attached hydrogens (primary N) is 1. The molecule has 0 aliphatic heterocycles. The highest BCUT2D eigenvalue weighted by Crippen LogP contribution is 2.18. The minimum absolute atomic E-state index is 0.0293. The molecule has 2 N–H and O–H groups in total. The van der Waals surface area contributed by atoms with Crippen molar-refractivity contribution in [3.8, 4) is 0 Å². The summed E-state index contributed by atoms with van der Waals surface area (Å²) in [7, 11) is 0. The Labute approximate surface area is 109 Å². The van der Waals surface area contributed by atoms with E-state index in [0.29, 0.717) is 37.6 Å². The van der Waals surface area contributed by atoms with Crippen molar-refractivity contribution in [3.05, 3.63) is 29.3 Å². The molecule has 0 aliphatic rings. The molecular formula is C14H22N2O2. The number of hydrogen-bond acceptors (Lipinski definition) is 3. The molecule has 0 heterocycles. The number of rotatable bonds is 6. The molecular weight excluding hydrogens is 228 g/mol. The van der Waals surface area contributed by atoms with Crippen LogP contribution in [0.4, 0.5) is 5.69 Å². The molecule has 0 spiro atoms. The predicted octanol–water partition coefficient (Wildman–Crippen LogP) is 2.08. The van der Waals surface area contributed by atoms with Crippen molar-refractivity contribution in [3.63, 3.8) is 0 Å². The van der Waals surface area contributed by atoms with Gasteiger partial charge in [0.15, 0.2) is 0 Å². The van der Waals surface area contributed by atoms with Crippen LogP contribution < -0.4 is 5.73 Å². The highest BCUT2D eigenvalue weighted by atomic mass is 16.5. The lowest BCUT2D eigenvalue weighted by Crippen LogP contribution is -2.34. The molecule has 1 amide bonds. The third-order valence-electron chi connectivity index (χ3n) is 2.93. The van der Waals surface area contributed by atoms with Crippen molar-refractivity contribution in [2.24, 2.45) is 0 Å². The molecule has 0 fully saturated rings. The highest BCUT2D eigenvalue weighted by Gasteiger charge is 2.16. The quantitative estimate of drug-likeness (QED) is 0.621. The fraction of sp³-hybridized carbons (Fsp3) is 0.500. The number of aryl methyl sites for hydroxylation is 1. The first-order chi connectivity index (χ1) is 8.61. The molecule has 0 bridgehead atoms. The second-order valence-corrected chi connectivity index (χ2v) is 4.12. The summed E-state index contributed by atoms with van der Waals surface area (Å²) in [6.45, 7) is 8.27. The van der Waals surface area contributed by atoms with Crippen molar-refractivity contribution < 1.29 is 9.53 Å². The Morgan fingerprint density at radius 3 is 2.72 bits per heavy atom. The Morgan fingerprint density at radius 2 is 2.11 bits per heavy atom. The van der Waals surface area contributed by atoms with E-state index in [9.17, 15) is 4.79 Å². The van der Waals surface area contributed by atoms with Crippen molar-refractivity contribution >= 4 is 11.6 Å². The average molecular weight is 250 g/mol. The van der Waals surface area contributed by atoms with Crippen molar-refractivity contribution in [1.82, 2.24) is 4.90 Å². The SMILES string of the molecule is CCOCCN(CC)C(=O)c1cccc(C)c1N. The zero-order chi connectivity index (χ0) is 13.5. The molecule has 18 heavy (non-hydrogen) atoms. The van der Waals surface area contributed by atoms with E-state index in [4.69, 9.17) is 10.5 Å². The smallest absolute Gasteiger partial charge is 0.256 e. The zero-order valence-corrected chi connectivity index (χ0v) is 11.4. The topological polar surface area (TPSA) is 55.6 Å². The Kier molecular flexibility index (Phi) is 5.65. The number of benzene rings is 1. The van der Waals surface area contributed by atoms with Crippen LogP contribution in [0.1, 0.15) is 29.8 Å². The number of carbonyl (C=O) groups excluding carboxylic acids is 1. The van der Waals surface area contributed by atoms with Crippen LogP contribution >= 0.6 is 0 Å². The molecule has 0 aromatic heterocycles. The average Bonchev–Trinajstić information content (AvgIpc) is 2.37. The van der Waals surface area contributed by atoms with Gasteiger partial charge in [-0.15, -0.1) is 0 Å². The third-order valence-corrected chi connectivity index (χ3v) is 2.93. The van der Waals surface area contributed by atoms with Crippen molar-refractivity contribution in [2.45, 2.75) is 20.8 Å². The zero-order valence-electron chi connectivity index (χ0n) is 11.4. The lowest BCUT2D eigenvalue weighted by atomic mass is 10.1. The summed E-state index contributed by atoms with van der Waals surface area (Å²) in [4.78, 5) is 14.1. The van der Waals surface area contributed by atoms with E-state index < -0.39 is 0 Å². The van der Waals surface area contributed by atoms with E-state index in [1.165, 1.54) is 0 Å². The number of amides is 1. The van der Waals surface area contributed by atoms with Gasteiger partial charge in [0.25, 0.3) is 5.91 Å². The standard InChI is InChI=1S/C14H22N2O2/c1-4-16(9-10-18-5-2)14(17)12-8-6-7-11(3)13(12)15/h6-8H,4-5,9-10,15H2,1-3H3. The van der Waals surface area contributed by atoms with Gasteiger partial charge in [-0.1, -0.05) is 12.1 Å². The summed E-state index contributed by atoms with van der Waals surface area (Å²) in [5.41, 5.74) is 8.03. The van der Waals surface area contributed by atoms with Gasteiger partial charge in [-0.2, -0.15) is 0 Å². The number of nitrogens with zero attached hydrogens (tertiary/aromatic N) is 1. The molecule has 0 atom stereocenters. The molecule has 1 aromatic rings. The summed E-state index contributed by atoms with van der Waals surface area (Å²) in [5, 5.41) is 0. The molecule has 1 rings (SSSR count). The van der Waals surface area contributed by atoms with Crippen LogP contribution in [0.2, 0.25) is 0 Å². The van der Waals surface area contributed by atoms with Crippen LogP contribution in [0.3, 0.4) is 0 Å². The fourth-order valence-corrected chi connectivity index (χ4v) is 1.76. The van der Waals surface area contributed by atoms with Gasteiger partial charge in [-0.05, 0) is 32.4 Å². The summed E-state index contributed by atoms with van der Waals surface area (Å²) >= 11 is 0. The summed E-state index contributed by atoms with van der Waals surface area (Å²) in [5.74, 6) is -0.0293. The third kappa shape index (κ3) is 3.47. The number of para-hydroxylation sites is 1. The molecule has 0 aliphatic carbocycles. The summed E-state index contributed by atoms with van der Waals surface area (Å²) in [6, 6.07) is 5.53. The minimum atomic E-state index is -0.0293. The molecule has 0 saturated carbocycles. The van der Waals surface area contributed by atoms with Crippen LogP contribution in [-0.2, 0) is 4.74 Å². The normalized spacial score (nSPS) is 10.4. The van der Waals surface area contributed by atoms with E-state index in [1.54, 1.807) is 11.0 Å². The Bertz CT molecular complexity index is 405. The highest BCUT2D eigenvalue weighted by molar-refractivity contribution is 5.99. The monoisotopic (exact) mass is 250 g/mol. The molecule has 0 radical (unpaired) electrons. The van der Waals surface area contributed by atoms with Crippen molar-refractivity contribution in [1.29, 1.82) is 0 Å². The number of nitrogen functional groups attached to an aromatic ring is 1. The molecule has 4 nitrogen and oxygen atoms in total. The maximum atomic E-state index is 12.3. The molecule has 0 saturated heterocycles. The Balaban J connectivity index is 2.80. The minimum Gasteiger partial charge on any atom is -0.398 e. The van der Waals surface area contributed by atoms with Crippen LogP contribution in [0, 0.1) is 6.92 Å². The maximum Gasteiger partial charge on any atom is 0.256 e. The van der Waals surface area contributed by atoms with Crippen LogP contribution in [0.5, 0.6) is 0 Å². The number of ether oxygens (including phenoxy) is 1. The van der Waals surface area contributed by atoms with E-state index in [2.05, 4.69) is 0 Å². The Hall–Kier alpha value is -1.55. The largest absolute Gasteiger partial charge is 0.398 e. The first kappa shape index (κ1) is 14.5. The molecule has 4 heteroatoms. The van der Waals surface area contributed by atoms with Gasteiger partial charge in [-0.3, -0.25) is 4.79 Å². The van der Waals surface area contributed by atoms with Gasteiger partial charge in [0, 0.05) is 25.4 Å². The second-order valence-electron chi connectivity index (χ2n) is 4.12. The first-order valence-electron chi connectivity index (χ1n) is 6.33. The number of carbonyl (C=O) groups is 1. The lowest BCUT2D eigenvalue weighted by molar-refractivity contribution is 0.0670. The number of likely N-dealkylation sites (N-methyl/N-ethyl adjacent to an activating group) is 1. The molecule has 0 unspecified atom stereocenters. The Morgan fingerprint density at radius 1 is 1.39 bits per heavy atom. The van der Waals surface area contributed by atoms with E-state index in [-0.39, 0.29) is 5.91 Å². The molecule has 1 aromatic carbocycles. The maximum absolute atomic E-state index is 12.3. The lowest BCUT2D eigenvalue weighted by Gasteiger charge is -2.22. The van der Waals surface area contributed by atoms with Crippen LogP contribution in [0.15, 0.2) is 18.2 Å². The summed E-state index contributed by atoms with van der Waals surface area (Å²) in [6.07, 6.45) is 0. The first-order valence-corrected chi connectivity index (χ1v) is 6.33. The van der Waals surface area contributed by atoms with E-state index in [0.717, 1.165) is 5.56 Å². The predicted molar refractivity (Wildman–Crippen MR) is 73.7 cm³/mol. The van der Waals surface area contributed by atoms with E-state index >= 15 is 0 Å². The van der Waals surface area contributed by atoms with Gasteiger partial charge in [-0.25, -0.2) is 0 Å². The fourth-order valence-electron chi connectivity index (χ4n) is 1.76. The number of hydrogen-bond donors (Lipinski definition) is 1. The van der Waals surface area contributed by atoms with Gasteiger partial charge < -0.3 is 15.4 Å². The van der Waals surface area contributed by atoms with Gasteiger partial charge in [0.05, 0.1) is 12.2 Å². The van der Waals surface area contributed by atoms with Gasteiger partial charge in [0.2, 0.25) is 0 Å². The van der Waals surface area contributed by atoms with Gasteiger partial charge in [0.1, 0.15) is 0 Å². The summed E-state index contributed by atoms with van der Waals surface area (Å²) < 4.78 is 5.28. The van der Waals surface area contributed by atoms with Crippen LogP contribution in [0.25, 0.3) is 0 Å². The van der Waals surface area contributed by atoms with E-state index in [1.807, 2.05) is 32.9 Å². The van der Waals surface area contributed by atoms with Gasteiger partial charge >= 0.3 is 0 Å².